The van der Waals surface area contributed by atoms with Crippen LogP contribution in [0.1, 0.15) is 12.5 Å². The van der Waals surface area contributed by atoms with Crippen molar-refractivity contribution in [2.45, 2.75) is 13.8 Å². The number of rotatable bonds is 5. The summed E-state index contributed by atoms with van der Waals surface area (Å²) in [6, 6.07) is 3.02. The van der Waals surface area contributed by atoms with Gasteiger partial charge in [-0.15, -0.1) is 0 Å². The highest BCUT2D eigenvalue weighted by Crippen LogP contribution is 2.30. The molecule has 0 spiro atoms. The highest BCUT2D eigenvalue weighted by atomic mass is 79.9. The maximum atomic E-state index is 11.2. The van der Waals surface area contributed by atoms with Crippen LogP contribution in [0.2, 0.25) is 0 Å². The molecule has 0 aliphatic carbocycles. The molecule has 6 nitrogen and oxygen atoms in total. The molecule has 1 aromatic rings. The van der Waals surface area contributed by atoms with Crippen molar-refractivity contribution in [3.8, 4) is 0 Å². The van der Waals surface area contributed by atoms with Gasteiger partial charge in [-0.2, -0.15) is 0 Å². The quantitative estimate of drug-likeness (QED) is 0.513. The van der Waals surface area contributed by atoms with Crippen molar-refractivity contribution in [1.82, 2.24) is 0 Å². The number of nitrogens with one attached hydrogen (secondary N) is 1. The number of hydrogen-bond acceptors (Lipinski definition) is 5. The minimum atomic E-state index is -0.449. The maximum absolute atomic E-state index is 11.2. The van der Waals surface area contributed by atoms with Crippen molar-refractivity contribution in [3.63, 3.8) is 0 Å². The molecule has 0 heterocycles. The fourth-order valence-corrected chi connectivity index (χ4v) is 1.85. The number of nitro groups is 1. The Balaban J connectivity index is 2.82. The topological polar surface area (TPSA) is 81.5 Å². The van der Waals surface area contributed by atoms with E-state index in [1.54, 1.807) is 19.9 Å². The van der Waals surface area contributed by atoms with Crippen LogP contribution in [0.25, 0.3) is 0 Å². The van der Waals surface area contributed by atoms with Crippen LogP contribution >= 0.6 is 15.9 Å². The number of carbonyl (C=O) groups is 1. The summed E-state index contributed by atoms with van der Waals surface area (Å²) in [5, 5.41) is 13.6. The predicted octanol–water partition coefficient (Wildman–Crippen LogP) is 2.64. The van der Waals surface area contributed by atoms with Crippen molar-refractivity contribution in [2.24, 2.45) is 0 Å². The second kappa shape index (κ2) is 6.34. The van der Waals surface area contributed by atoms with E-state index in [-0.39, 0.29) is 18.2 Å². The Kier molecular flexibility index (Phi) is 5.08. The first kappa shape index (κ1) is 14.4. The molecule has 0 aliphatic rings. The molecule has 0 amide bonds. The zero-order chi connectivity index (χ0) is 13.7. The molecule has 98 valence electrons. The van der Waals surface area contributed by atoms with Gasteiger partial charge in [0, 0.05) is 21.8 Å². The number of ether oxygens (including phenoxy) is 1. The van der Waals surface area contributed by atoms with E-state index in [1.165, 1.54) is 6.07 Å². The summed E-state index contributed by atoms with van der Waals surface area (Å²) in [6.45, 7) is 3.70. The van der Waals surface area contributed by atoms with E-state index in [4.69, 9.17) is 4.74 Å². The number of nitro benzene ring substituents is 1. The van der Waals surface area contributed by atoms with E-state index in [2.05, 4.69) is 21.2 Å². The van der Waals surface area contributed by atoms with Gasteiger partial charge in [-0.25, -0.2) is 0 Å². The average molecular weight is 317 g/mol. The van der Waals surface area contributed by atoms with Crippen molar-refractivity contribution >= 4 is 33.3 Å². The molecule has 0 aromatic heterocycles. The molecule has 0 radical (unpaired) electrons. The number of nitrogens with zero attached hydrogens (tertiary/aromatic N) is 1. The molecular formula is C11H13BrN2O4. The van der Waals surface area contributed by atoms with Gasteiger partial charge in [-0.3, -0.25) is 14.9 Å². The number of benzene rings is 1. The van der Waals surface area contributed by atoms with Crippen LogP contribution in [0.3, 0.4) is 0 Å². The lowest BCUT2D eigenvalue weighted by Gasteiger charge is -2.09. The Morgan fingerprint density at radius 1 is 1.56 bits per heavy atom. The van der Waals surface area contributed by atoms with Crippen LogP contribution in [0.5, 0.6) is 0 Å². The monoisotopic (exact) mass is 316 g/mol. The molecule has 0 saturated heterocycles. The number of halogens is 1. The lowest BCUT2D eigenvalue weighted by atomic mass is 10.2. The first-order valence-corrected chi connectivity index (χ1v) is 6.09. The molecule has 0 fully saturated rings. The van der Waals surface area contributed by atoms with Gasteiger partial charge >= 0.3 is 5.97 Å². The second-order valence-corrected chi connectivity index (χ2v) is 4.39. The van der Waals surface area contributed by atoms with E-state index in [0.717, 1.165) is 0 Å². The number of aryl methyl sites for hydroxylation is 1. The Morgan fingerprint density at radius 3 is 2.78 bits per heavy atom. The van der Waals surface area contributed by atoms with Gasteiger partial charge in [0.15, 0.2) is 0 Å². The summed E-state index contributed by atoms with van der Waals surface area (Å²) in [5.74, 6) is -0.375. The number of anilines is 1. The van der Waals surface area contributed by atoms with Gasteiger partial charge in [-0.1, -0.05) is 0 Å². The lowest BCUT2D eigenvalue weighted by Crippen LogP contribution is -2.17. The minimum absolute atomic E-state index is 0.0176. The summed E-state index contributed by atoms with van der Waals surface area (Å²) in [5.41, 5.74) is 1.17. The van der Waals surface area contributed by atoms with Crippen molar-refractivity contribution in [3.05, 3.63) is 32.3 Å². The normalized spacial score (nSPS) is 9.94. The molecule has 0 saturated carbocycles. The van der Waals surface area contributed by atoms with Gasteiger partial charge in [-0.05, 0) is 35.8 Å². The van der Waals surface area contributed by atoms with Crippen LogP contribution in [-0.2, 0) is 9.53 Å². The minimum Gasteiger partial charge on any atom is -0.465 e. The molecule has 0 atom stereocenters. The third-order valence-corrected chi connectivity index (χ3v) is 2.87. The maximum Gasteiger partial charge on any atom is 0.325 e. The number of hydrogen-bond donors (Lipinski definition) is 1. The van der Waals surface area contributed by atoms with Gasteiger partial charge in [0.2, 0.25) is 0 Å². The van der Waals surface area contributed by atoms with E-state index in [0.29, 0.717) is 22.3 Å². The summed E-state index contributed by atoms with van der Waals surface area (Å²) in [4.78, 5) is 21.5. The second-order valence-electron chi connectivity index (χ2n) is 3.53. The fraction of sp³-hybridized carbons (Fsp3) is 0.364. The third-order valence-electron chi connectivity index (χ3n) is 2.21. The molecule has 0 unspecified atom stereocenters. The Labute approximate surface area is 113 Å². The molecule has 1 N–H and O–H groups in total. The number of carbonyl (C=O) groups excluding carboxylic acids is 1. The van der Waals surface area contributed by atoms with Crippen LogP contribution in [0.4, 0.5) is 11.4 Å². The average Bonchev–Trinajstić information content (AvgIpc) is 2.29. The highest BCUT2D eigenvalue weighted by molar-refractivity contribution is 9.10. The molecule has 0 aliphatic heterocycles. The predicted molar refractivity (Wildman–Crippen MR) is 70.7 cm³/mol. The summed E-state index contributed by atoms with van der Waals surface area (Å²) < 4.78 is 5.30. The fourth-order valence-electron chi connectivity index (χ4n) is 1.38. The van der Waals surface area contributed by atoms with Crippen LogP contribution in [0, 0.1) is 17.0 Å². The van der Waals surface area contributed by atoms with Crippen molar-refractivity contribution < 1.29 is 14.5 Å². The van der Waals surface area contributed by atoms with E-state index >= 15 is 0 Å². The van der Waals surface area contributed by atoms with Crippen molar-refractivity contribution in [2.75, 3.05) is 18.5 Å². The largest absolute Gasteiger partial charge is 0.465 e. The van der Waals surface area contributed by atoms with E-state index in [1.807, 2.05) is 0 Å². The van der Waals surface area contributed by atoms with Crippen LogP contribution in [-0.4, -0.2) is 24.0 Å². The molecular weight excluding hydrogens is 304 g/mol. The van der Waals surface area contributed by atoms with Gasteiger partial charge in [0.05, 0.1) is 11.5 Å². The zero-order valence-electron chi connectivity index (χ0n) is 10.0. The Morgan fingerprint density at radius 2 is 2.22 bits per heavy atom. The Bertz CT molecular complexity index is 476. The molecule has 1 rings (SSSR count). The van der Waals surface area contributed by atoms with Crippen molar-refractivity contribution in [1.29, 1.82) is 0 Å². The molecule has 0 bridgehead atoms. The number of esters is 1. The molecule has 18 heavy (non-hydrogen) atoms. The van der Waals surface area contributed by atoms with E-state index in [9.17, 15) is 14.9 Å². The van der Waals surface area contributed by atoms with E-state index < -0.39 is 4.92 Å². The van der Waals surface area contributed by atoms with Crippen LogP contribution in [0.15, 0.2) is 16.6 Å². The molecule has 7 heteroatoms. The van der Waals surface area contributed by atoms with Gasteiger partial charge < -0.3 is 10.1 Å². The summed E-state index contributed by atoms with van der Waals surface area (Å²) in [6.07, 6.45) is 0. The van der Waals surface area contributed by atoms with Gasteiger partial charge in [0.1, 0.15) is 6.54 Å². The zero-order valence-corrected chi connectivity index (χ0v) is 11.6. The SMILES string of the molecule is CCOC(=O)CNc1cc(C)c([N+](=O)[O-])cc1Br. The summed E-state index contributed by atoms with van der Waals surface area (Å²) in [7, 11) is 0. The van der Waals surface area contributed by atoms with Crippen LogP contribution < -0.4 is 5.32 Å². The standard InChI is InChI=1S/C11H13BrN2O4/c1-3-18-11(15)6-13-9-4-7(2)10(14(16)17)5-8(9)12/h4-5,13H,3,6H2,1-2H3. The van der Waals surface area contributed by atoms with Gasteiger partial charge in [0.25, 0.3) is 5.69 Å². The first-order chi connectivity index (χ1) is 8.45. The summed E-state index contributed by atoms with van der Waals surface area (Å²) >= 11 is 3.22. The Hall–Kier alpha value is -1.63. The lowest BCUT2D eigenvalue weighted by molar-refractivity contribution is -0.385. The highest BCUT2D eigenvalue weighted by Gasteiger charge is 2.14. The molecule has 1 aromatic carbocycles. The smallest absolute Gasteiger partial charge is 0.325 e. The third kappa shape index (κ3) is 3.69. The first-order valence-electron chi connectivity index (χ1n) is 5.29.